The minimum absolute atomic E-state index is 0.000251. The summed E-state index contributed by atoms with van der Waals surface area (Å²) in [4.78, 5) is 24.8. The first-order valence-electron chi connectivity index (χ1n) is 8.39. The molecule has 2 rings (SSSR count). The normalized spacial score (nSPS) is 11.9. The predicted molar refractivity (Wildman–Crippen MR) is 91.7 cm³/mol. The number of hydrogen-bond donors (Lipinski definition) is 1. The molecule has 1 unspecified atom stereocenters. The average Bonchev–Trinajstić information content (AvgIpc) is 3.02. The first-order valence-corrected chi connectivity index (χ1v) is 8.39. The van der Waals surface area contributed by atoms with E-state index in [2.05, 4.69) is 15.2 Å². The molecule has 0 aliphatic heterocycles. The van der Waals surface area contributed by atoms with Crippen LogP contribution in [0.25, 0.3) is 0 Å². The van der Waals surface area contributed by atoms with Gasteiger partial charge in [0, 0.05) is 6.07 Å². The van der Waals surface area contributed by atoms with E-state index in [1.807, 2.05) is 6.92 Å². The van der Waals surface area contributed by atoms with Crippen LogP contribution >= 0.6 is 0 Å². The molecule has 1 N–H and O–H groups in total. The zero-order chi connectivity index (χ0) is 19.8. The van der Waals surface area contributed by atoms with Crippen LogP contribution in [-0.2, 0) is 9.53 Å². The second kappa shape index (κ2) is 9.65. The van der Waals surface area contributed by atoms with Gasteiger partial charge in [-0.3, -0.25) is 4.79 Å². The fourth-order valence-electron chi connectivity index (χ4n) is 2.26. The molecular formula is C18H20F2N2O5. The Morgan fingerprint density at radius 3 is 2.70 bits per heavy atom. The predicted octanol–water partition coefficient (Wildman–Crippen LogP) is 3.94. The number of aryl methyl sites for hydroxylation is 1. The summed E-state index contributed by atoms with van der Waals surface area (Å²) < 4.78 is 39.1. The van der Waals surface area contributed by atoms with Crippen molar-refractivity contribution in [2.24, 2.45) is 0 Å². The standard InChI is InChI=1S/C18H20F2N2O5/c1-3-4-8-14(16(23)21-15-9-11(2)27-22-15)26-17(24)12-6-5-7-13(10-12)25-18(19)20/h5-7,9-10,14,18H,3-4,8H2,1-2H3,(H,21,22,23). The number of aromatic nitrogens is 1. The van der Waals surface area contributed by atoms with Gasteiger partial charge in [0.05, 0.1) is 5.56 Å². The Labute approximate surface area is 154 Å². The van der Waals surface area contributed by atoms with Crippen LogP contribution in [0.2, 0.25) is 0 Å². The van der Waals surface area contributed by atoms with E-state index >= 15 is 0 Å². The largest absolute Gasteiger partial charge is 0.449 e. The lowest BCUT2D eigenvalue weighted by Gasteiger charge is -2.17. The number of anilines is 1. The molecule has 1 aromatic heterocycles. The molecule has 0 bridgehead atoms. The zero-order valence-electron chi connectivity index (χ0n) is 14.9. The van der Waals surface area contributed by atoms with Crippen LogP contribution in [0.15, 0.2) is 34.9 Å². The Kier molecular flexibility index (Phi) is 7.27. The molecule has 1 heterocycles. The van der Waals surface area contributed by atoms with Crippen LogP contribution in [0.1, 0.15) is 42.3 Å². The summed E-state index contributed by atoms with van der Waals surface area (Å²) in [5.74, 6) is -0.815. The summed E-state index contributed by atoms with van der Waals surface area (Å²) in [6.45, 7) is 0.597. The summed E-state index contributed by atoms with van der Waals surface area (Å²) in [7, 11) is 0. The van der Waals surface area contributed by atoms with Crippen LogP contribution in [0, 0.1) is 6.92 Å². The summed E-state index contributed by atoms with van der Waals surface area (Å²) in [6, 6.07) is 6.72. The Hall–Kier alpha value is -2.97. The van der Waals surface area contributed by atoms with E-state index in [0.29, 0.717) is 18.6 Å². The van der Waals surface area contributed by atoms with Crippen molar-refractivity contribution in [3.05, 3.63) is 41.7 Å². The smallest absolute Gasteiger partial charge is 0.387 e. The number of amides is 1. The number of rotatable bonds is 9. The monoisotopic (exact) mass is 382 g/mol. The van der Waals surface area contributed by atoms with Gasteiger partial charge in [0.25, 0.3) is 5.91 Å². The molecule has 1 atom stereocenters. The lowest BCUT2D eigenvalue weighted by molar-refractivity contribution is -0.125. The Bertz CT molecular complexity index is 779. The molecular weight excluding hydrogens is 362 g/mol. The number of halogens is 2. The number of unbranched alkanes of at least 4 members (excludes halogenated alkanes) is 1. The van der Waals surface area contributed by atoms with Crippen LogP contribution in [0.5, 0.6) is 5.75 Å². The Morgan fingerprint density at radius 1 is 1.30 bits per heavy atom. The number of nitrogens with one attached hydrogen (secondary N) is 1. The Morgan fingerprint density at radius 2 is 2.07 bits per heavy atom. The van der Waals surface area contributed by atoms with Crippen molar-refractivity contribution < 1.29 is 32.4 Å². The van der Waals surface area contributed by atoms with Gasteiger partial charge in [-0.2, -0.15) is 8.78 Å². The van der Waals surface area contributed by atoms with Gasteiger partial charge < -0.3 is 19.3 Å². The average molecular weight is 382 g/mol. The summed E-state index contributed by atoms with van der Waals surface area (Å²) in [6.07, 6.45) is 0.687. The van der Waals surface area contributed by atoms with E-state index in [9.17, 15) is 18.4 Å². The summed E-state index contributed by atoms with van der Waals surface area (Å²) in [5, 5.41) is 6.18. The lowest BCUT2D eigenvalue weighted by Crippen LogP contribution is -2.32. The second-order valence-electron chi connectivity index (χ2n) is 5.75. The summed E-state index contributed by atoms with van der Waals surface area (Å²) >= 11 is 0. The quantitative estimate of drug-likeness (QED) is 0.661. The van der Waals surface area contributed by atoms with Gasteiger partial charge in [-0.05, 0) is 38.0 Å². The molecule has 7 nitrogen and oxygen atoms in total. The van der Waals surface area contributed by atoms with E-state index in [-0.39, 0.29) is 17.1 Å². The van der Waals surface area contributed by atoms with E-state index < -0.39 is 24.6 Å². The maximum absolute atomic E-state index is 12.4. The van der Waals surface area contributed by atoms with E-state index in [4.69, 9.17) is 9.26 Å². The number of alkyl halides is 2. The minimum atomic E-state index is -3.01. The highest BCUT2D eigenvalue weighted by Gasteiger charge is 2.24. The molecule has 1 amide bonds. The number of esters is 1. The number of carbonyl (C=O) groups excluding carboxylic acids is 2. The van der Waals surface area contributed by atoms with Gasteiger partial charge in [0.2, 0.25) is 0 Å². The SMILES string of the molecule is CCCCC(OC(=O)c1cccc(OC(F)F)c1)C(=O)Nc1cc(C)on1. The second-order valence-corrected chi connectivity index (χ2v) is 5.75. The molecule has 0 saturated heterocycles. The van der Waals surface area contributed by atoms with Crippen molar-refractivity contribution in [2.45, 2.75) is 45.8 Å². The van der Waals surface area contributed by atoms with Crippen molar-refractivity contribution in [1.82, 2.24) is 5.16 Å². The molecule has 0 saturated carbocycles. The molecule has 0 aliphatic rings. The molecule has 0 spiro atoms. The van der Waals surface area contributed by atoms with Crippen LogP contribution in [0.4, 0.5) is 14.6 Å². The maximum Gasteiger partial charge on any atom is 0.387 e. The number of carbonyl (C=O) groups is 2. The number of benzene rings is 1. The third kappa shape index (κ3) is 6.36. The maximum atomic E-state index is 12.4. The molecule has 0 fully saturated rings. The van der Waals surface area contributed by atoms with Crippen molar-refractivity contribution in [1.29, 1.82) is 0 Å². The fraction of sp³-hybridized carbons (Fsp3) is 0.389. The van der Waals surface area contributed by atoms with Crippen LogP contribution in [0.3, 0.4) is 0 Å². The third-order valence-corrected chi connectivity index (χ3v) is 3.54. The van der Waals surface area contributed by atoms with Crippen molar-refractivity contribution >= 4 is 17.7 Å². The van der Waals surface area contributed by atoms with E-state index in [0.717, 1.165) is 12.5 Å². The fourth-order valence-corrected chi connectivity index (χ4v) is 2.26. The third-order valence-electron chi connectivity index (χ3n) is 3.54. The molecule has 9 heteroatoms. The van der Waals surface area contributed by atoms with Gasteiger partial charge >= 0.3 is 12.6 Å². The zero-order valence-corrected chi connectivity index (χ0v) is 14.9. The van der Waals surface area contributed by atoms with Crippen LogP contribution in [-0.4, -0.2) is 29.7 Å². The van der Waals surface area contributed by atoms with Gasteiger partial charge in [-0.1, -0.05) is 24.6 Å². The molecule has 27 heavy (non-hydrogen) atoms. The molecule has 146 valence electrons. The van der Waals surface area contributed by atoms with E-state index in [1.54, 1.807) is 6.92 Å². The minimum Gasteiger partial charge on any atom is -0.449 e. The highest BCUT2D eigenvalue weighted by atomic mass is 19.3. The molecule has 1 aromatic carbocycles. The number of nitrogens with zero attached hydrogens (tertiary/aromatic N) is 1. The highest BCUT2D eigenvalue weighted by molar-refractivity contribution is 5.97. The van der Waals surface area contributed by atoms with E-state index in [1.165, 1.54) is 24.3 Å². The van der Waals surface area contributed by atoms with Crippen molar-refractivity contribution in [3.63, 3.8) is 0 Å². The van der Waals surface area contributed by atoms with Crippen LogP contribution < -0.4 is 10.1 Å². The topological polar surface area (TPSA) is 90.7 Å². The lowest BCUT2D eigenvalue weighted by atomic mass is 10.1. The Balaban J connectivity index is 2.07. The molecule has 2 aromatic rings. The number of ether oxygens (including phenoxy) is 2. The van der Waals surface area contributed by atoms with Gasteiger partial charge in [0.15, 0.2) is 11.9 Å². The number of hydrogen-bond acceptors (Lipinski definition) is 6. The summed E-state index contributed by atoms with van der Waals surface area (Å²) in [5.41, 5.74) is -0.000251. The van der Waals surface area contributed by atoms with Gasteiger partial charge in [-0.25, -0.2) is 4.79 Å². The first kappa shape index (κ1) is 20.3. The first-order chi connectivity index (χ1) is 12.9. The van der Waals surface area contributed by atoms with Gasteiger partial charge in [0.1, 0.15) is 11.5 Å². The highest BCUT2D eigenvalue weighted by Crippen LogP contribution is 2.18. The molecule has 0 radical (unpaired) electrons. The van der Waals surface area contributed by atoms with Gasteiger partial charge in [-0.15, -0.1) is 0 Å². The van der Waals surface area contributed by atoms with Crippen molar-refractivity contribution in [3.8, 4) is 5.75 Å². The molecule has 0 aliphatic carbocycles. The van der Waals surface area contributed by atoms with Crippen molar-refractivity contribution in [2.75, 3.05) is 5.32 Å².